The quantitative estimate of drug-likeness (QED) is 0.503. The number of H-pyrrole nitrogens is 1. The van der Waals surface area contributed by atoms with Gasteiger partial charge in [0.25, 0.3) is 11.8 Å². The summed E-state index contributed by atoms with van der Waals surface area (Å²) in [6, 6.07) is 9.22. The fraction of sp³-hybridized carbons (Fsp3) is 0.227. The molecule has 0 saturated heterocycles. The molecule has 1 aromatic carbocycles. The van der Waals surface area contributed by atoms with E-state index in [9.17, 15) is 14.9 Å². The predicted molar refractivity (Wildman–Crippen MR) is 114 cm³/mol. The number of carbonyl (C=O) groups is 2. The Bertz CT molecular complexity index is 1180. The van der Waals surface area contributed by atoms with Crippen LogP contribution < -0.4 is 5.32 Å². The molecule has 8 heteroatoms. The number of carbonyl (C=O) groups excluding carboxylic acids is 2. The van der Waals surface area contributed by atoms with Gasteiger partial charge in [-0.25, -0.2) is 9.97 Å². The highest BCUT2D eigenvalue weighted by atomic mass is 16.2. The number of benzene rings is 1. The van der Waals surface area contributed by atoms with Gasteiger partial charge in [0.1, 0.15) is 17.2 Å². The lowest BCUT2D eigenvalue weighted by Gasteiger charge is -2.09. The highest BCUT2D eigenvalue weighted by Crippen LogP contribution is 2.23. The molecule has 0 atom stereocenters. The van der Waals surface area contributed by atoms with E-state index in [4.69, 9.17) is 0 Å². The van der Waals surface area contributed by atoms with Crippen molar-refractivity contribution in [3.05, 3.63) is 53.4 Å². The van der Waals surface area contributed by atoms with Crippen molar-refractivity contribution >= 4 is 29.1 Å². The molecule has 2 N–H and O–H groups in total. The topological polar surface area (TPSA) is 115 Å². The van der Waals surface area contributed by atoms with Crippen LogP contribution in [0.25, 0.3) is 28.5 Å². The van der Waals surface area contributed by atoms with Crippen LogP contribution in [-0.4, -0.2) is 51.8 Å². The second-order valence-corrected chi connectivity index (χ2v) is 7.28. The molecule has 3 rings (SSSR count). The van der Waals surface area contributed by atoms with E-state index >= 15 is 0 Å². The Hall–Kier alpha value is -3.99. The third-order valence-corrected chi connectivity index (χ3v) is 4.30. The molecule has 2 heterocycles. The summed E-state index contributed by atoms with van der Waals surface area (Å²) in [4.78, 5) is 37.8. The van der Waals surface area contributed by atoms with Crippen molar-refractivity contribution in [3.63, 3.8) is 0 Å². The van der Waals surface area contributed by atoms with E-state index in [-0.39, 0.29) is 23.4 Å². The van der Waals surface area contributed by atoms with Gasteiger partial charge < -0.3 is 15.2 Å². The molecule has 0 radical (unpaired) electrons. The Labute approximate surface area is 174 Å². The molecule has 0 spiro atoms. The Kier molecular flexibility index (Phi) is 5.93. The maximum Gasteiger partial charge on any atom is 0.264 e. The van der Waals surface area contributed by atoms with Crippen LogP contribution in [0.1, 0.15) is 29.8 Å². The van der Waals surface area contributed by atoms with Crippen LogP contribution in [0, 0.1) is 11.3 Å². The van der Waals surface area contributed by atoms with Crippen molar-refractivity contribution in [2.24, 2.45) is 0 Å². The number of likely N-dealkylation sites (N-methyl/N-ethyl adjacent to an activating group) is 1. The molecule has 2 amide bonds. The molecule has 152 valence electrons. The van der Waals surface area contributed by atoms with Gasteiger partial charge in [-0.05, 0) is 31.6 Å². The number of fused-ring (bicyclic) bond motifs is 1. The first-order valence-electron chi connectivity index (χ1n) is 9.39. The number of nitriles is 1. The normalized spacial score (nSPS) is 11.4. The first-order chi connectivity index (χ1) is 14.3. The lowest BCUT2D eigenvalue weighted by Crippen LogP contribution is -2.29. The molecule has 0 fully saturated rings. The average Bonchev–Trinajstić information content (AvgIpc) is 3.14. The molecule has 0 bridgehead atoms. The standard InChI is InChI=1S/C22H22N6O2/c1-13(2)26-21(29)17-11-24-20-19(17)27-18(12-25-20)15-7-5-6-14(8-15)9-16(10-23)22(30)28(3)4/h5-9,11-13H,1-4H3,(H,24,25)(H,26,29)/b16-9+. The highest BCUT2D eigenvalue weighted by molar-refractivity contribution is 6.05. The van der Waals surface area contributed by atoms with Gasteiger partial charge in [-0.1, -0.05) is 18.2 Å². The number of nitrogens with zero attached hydrogens (tertiary/aromatic N) is 4. The van der Waals surface area contributed by atoms with Gasteiger partial charge in [-0.2, -0.15) is 5.26 Å². The van der Waals surface area contributed by atoms with Crippen LogP contribution in [-0.2, 0) is 4.79 Å². The summed E-state index contributed by atoms with van der Waals surface area (Å²) in [7, 11) is 3.19. The summed E-state index contributed by atoms with van der Waals surface area (Å²) >= 11 is 0. The summed E-state index contributed by atoms with van der Waals surface area (Å²) in [6.45, 7) is 3.78. The minimum absolute atomic E-state index is 0.00117. The maximum atomic E-state index is 12.4. The van der Waals surface area contributed by atoms with Gasteiger partial charge in [0, 0.05) is 31.9 Å². The van der Waals surface area contributed by atoms with Crippen molar-refractivity contribution in [1.82, 2.24) is 25.2 Å². The zero-order chi connectivity index (χ0) is 21.8. The van der Waals surface area contributed by atoms with Gasteiger partial charge in [0.15, 0.2) is 5.65 Å². The smallest absolute Gasteiger partial charge is 0.264 e. The third kappa shape index (κ3) is 4.36. The number of hydrogen-bond acceptors (Lipinski definition) is 5. The van der Waals surface area contributed by atoms with E-state index in [2.05, 4.69) is 20.3 Å². The summed E-state index contributed by atoms with van der Waals surface area (Å²) < 4.78 is 0. The first kappa shape index (κ1) is 20.7. The van der Waals surface area contributed by atoms with Crippen molar-refractivity contribution in [3.8, 4) is 17.3 Å². The van der Waals surface area contributed by atoms with Crippen LogP contribution in [0.15, 0.2) is 42.2 Å². The van der Waals surface area contributed by atoms with Crippen molar-refractivity contribution in [2.75, 3.05) is 14.1 Å². The van der Waals surface area contributed by atoms with E-state index in [1.807, 2.05) is 38.1 Å². The number of rotatable bonds is 5. The van der Waals surface area contributed by atoms with Gasteiger partial charge >= 0.3 is 0 Å². The number of nitrogens with one attached hydrogen (secondary N) is 2. The SMILES string of the molecule is CC(C)NC(=O)c1c[nH]c2ncc(-c3cccc(/C=C(\C#N)C(=O)N(C)C)c3)nc12. The molecule has 2 aromatic heterocycles. The molecule has 0 aliphatic heterocycles. The van der Waals surface area contributed by atoms with E-state index in [0.29, 0.717) is 28.0 Å². The fourth-order valence-electron chi connectivity index (χ4n) is 2.88. The van der Waals surface area contributed by atoms with E-state index < -0.39 is 0 Å². The Balaban J connectivity index is 2.00. The summed E-state index contributed by atoms with van der Waals surface area (Å²) in [5.74, 6) is -0.586. The predicted octanol–water partition coefficient (Wildman–Crippen LogP) is 2.76. The van der Waals surface area contributed by atoms with Gasteiger partial charge in [0.2, 0.25) is 0 Å². The summed E-state index contributed by atoms with van der Waals surface area (Å²) in [6.07, 6.45) is 4.74. The Morgan fingerprint density at radius 3 is 2.73 bits per heavy atom. The molecule has 0 unspecified atom stereocenters. The first-order valence-corrected chi connectivity index (χ1v) is 9.39. The third-order valence-electron chi connectivity index (χ3n) is 4.30. The van der Waals surface area contributed by atoms with Crippen LogP contribution in [0.4, 0.5) is 0 Å². The zero-order valence-electron chi connectivity index (χ0n) is 17.2. The van der Waals surface area contributed by atoms with Crippen LogP contribution in [0.3, 0.4) is 0 Å². The molecular formula is C22H22N6O2. The largest absolute Gasteiger partial charge is 0.350 e. The number of amides is 2. The molecule has 30 heavy (non-hydrogen) atoms. The van der Waals surface area contributed by atoms with Crippen molar-refractivity contribution in [2.45, 2.75) is 19.9 Å². The number of aromatic nitrogens is 3. The average molecular weight is 402 g/mol. The monoisotopic (exact) mass is 402 g/mol. The maximum absolute atomic E-state index is 12.4. The van der Waals surface area contributed by atoms with Crippen LogP contribution in [0.2, 0.25) is 0 Å². The summed E-state index contributed by atoms with van der Waals surface area (Å²) in [5.41, 5.74) is 3.48. The van der Waals surface area contributed by atoms with E-state index in [0.717, 1.165) is 5.56 Å². The van der Waals surface area contributed by atoms with E-state index in [1.54, 1.807) is 32.6 Å². The number of aromatic amines is 1. The lowest BCUT2D eigenvalue weighted by atomic mass is 10.1. The highest BCUT2D eigenvalue weighted by Gasteiger charge is 2.16. The number of hydrogen-bond donors (Lipinski definition) is 2. The molecule has 3 aromatic rings. The van der Waals surface area contributed by atoms with Crippen molar-refractivity contribution < 1.29 is 9.59 Å². The molecule has 0 saturated carbocycles. The van der Waals surface area contributed by atoms with Gasteiger partial charge in [0.05, 0.1) is 17.5 Å². The van der Waals surface area contributed by atoms with Crippen LogP contribution >= 0.6 is 0 Å². The molecule has 0 aliphatic rings. The molecule has 8 nitrogen and oxygen atoms in total. The molecule has 0 aliphatic carbocycles. The minimum Gasteiger partial charge on any atom is -0.350 e. The Morgan fingerprint density at radius 2 is 2.07 bits per heavy atom. The van der Waals surface area contributed by atoms with Gasteiger partial charge in [-0.3, -0.25) is 9.59 Å². The fourth-order valence-corrected chi connectivity index (χ4v) is 2.88. The second-order valence-electron chi connectivity index (χ2n) is 7.28. The Morgan fingerprint density at radius 1 is 1.30 bits per heavy atom. The minimum atomic E-state index is -0.364. The van der Waals surface area contributed by atoms with Gasteiger partial charge in [-0.15, -0.1) is 0 Å². The molecular weight excluding hydrogens is 380 g/mol. The summed E-state index contributed by atoms with van der Waals surface area (Å²) in [5, 5.41) is 12.2. The van der Waals surface area contributed by atoms with E-state index in [1.165, 1.54) is 11.0 Å². The zero-order valence-corrected chi connectivity index (χ0v) is 17.2. The second kappa shape index (κ2) is 8.57. The van der Waals surface area contributed by atoms with Crippen LogP contribution in [0.5, 0.6) is 0 Å². The van der Waals surface area contributed by atoms with Crippen molar-refractivity contribution in [1.29, 1.82) is 5.26 Å². The lowest BCUT2D eigenvalue weighted by molar-refractivity contribution is -0.124.